The Labute approximate surface area is 113 Å². The maximum absolute atomic E-state index is 11.7. The van der Waals surface area contributed by atoms with E-state index in [1.807, 2.05) is 38.1 Å². The van der Waals surface area contributed by atoms with Gasteiger partial charge in [-0.1, -0.05) is 37.6 Å². The summed E-state index contributed by atoms with van der Waals surface area (Å²) < 4.78 is 0. The van der Waals surface area contributed by atoms with Gasteiger partial charge < -0.3 is 10.4 Å². The molecule has 1 aromatic carbocycles. The summed E-state index contributed by atoms with van der Waals surface area (Å²) in [6, 6.07) is 7.45. The third kappa shape index (κ3) is 3.24. The lowest BCUT2D eigenvalue weighted by atomic mass is 9.84. The van der Waals surface area contributed by atoms with E-state index in [4.69, 9.17) is 11.6 Å². The third-order valence-corrected chi connectivity index (χ3v) is 3.60. The average Bonchev–Trinajstić information content (AvgIpc) is 2.36. The van der Waals surface area contributed by atoms with Crippen LogP contribution < -0.4 is 5.32 Å². The second-order valence-corrected chi connectivity index (χ2v) is 4.90. The third-order valence-electron chi connectivity index (χ3n) is 3.35. The molecule has 1 aromatic rings. The van der Waals surface area contributed by atoms with E-state index < -0.39 is 11.6 Å². The average molecular weight is 270 g/mol. The zero-order valence-corrected chi connectivity index (χ0v) is 11.8. The Morgan fingerprint density at radius 1 is 1.33 bits per heavy atom. The van der Waals surface area contributed by atoms with Crippen molar-refractivity contribution in [3.05, 3.63) is 34.9 Å². The van der Waals surface area contributed by atoms with Gasteiger partial charge in [-0.3, -0.25) is 4.79 Å². The molecule has 0 aliphatic rings. The number of carbonyl (C=O) groups excluding carboxylic acids is 1. The van der Waals surface area contributed by atoms with Gasteiger partial charge in [-0.05, 0) is 37.5 Å². The van der Waals surface area contributed by atoms with Crippen molar-refractivity contribution in [2.75, 3.05) is 0 Å². The van der Waals surface area contributed by atoms with Crippen molar-refractivity contribution in [3.63, 3.8) is 0 Å². The SMILES string of the molecule is CCC(CC)(NC(=O)C(C)O)c1ccc(Cl)cc1. The molecular formula is C14H20ClNO2. The van der Waals surface area contributed by atoms with E-state index in [1.54, 1.807) is 0 Å². The number of halogens is 1. The monoisotopic (exact) mass is 269 g/mol. The second-order valence-electron chi connectivity index (χ2n) is 4.46. The lowest BCUT2D eigenvalue weighted by molar-refractivity contribution is -0.130. The van der Waals surface area contributed by atoms with E-state index >= 15 is 0 Å². The molecule has 0 bridgehead atoms. The van der Waals surface area contributed by atoms with E-state index in [-0.39, 0.29) is 5.91 Å². The minimum Gasteiger partial charge on any atom is -0.384 e. The molecule has 3 nitrogen and oxygen atoms in total. The highest BCUT2D eigenvalue weighted by Gasteiger charge is 2.31. The Morgan fingerprint density at radius 3 is 2.22 bits per heavy atom. The number of nitrogens with one attached hydrogen (secondary N) is 1. The maximum Gasteiger partial charge on any atom is 0.249 e. The summed E-state index contributed by atoms with van der Waals surface area (Å²) in [5, 5.41) is 12.9. The molecule has 0 aromatic heterocycles. The molecule has 0 aliphatic carbocycles. The first-order valence-electron chi connectivity index (χ1n) is 6.21. The van der Waals surface area contributed by atoms with Crippen LogP contribution in [0, 0.1) is 0 Å². The van der Waals surface area contributed by atoms with Gasteiger partial charge >= 0.3 is 0 Å². The van der Waals surface area contributed by atoms with Gasteiger partial charge in [-0.2, -0.15) is 0 Å². The summed E-state index contributed by atoms with van der Waals surface area (Å²) in [7, 11) is 0. The number of aliphatic hydroxyl groups excluding tert-OH is 1. The van der Waals surface area contributed by atoms with E-state index in [0.29, 0.717) is 5.02 Å². The zero-order chi connectivity index (χ0) is 13.8. The van der Waals surface area contributed by atoms with Crippen molar-refractivity contribution in [2.24, 2.45) is 0 Å². The topological polar surface area (TPSA) is 49.3 Å². The van der Waals surface area contributed by atoms with Gasteiger partial charge in [0.1, 0.15) is 6.10 Å². The van der Waals surface area contributed by atoms with Crippen LogP contribution in [0.3, 0.4) is 0 Å². The largest absolute Gasteiger partial charge is 0.384 e. The van der Waals surface area contributed by atoms with Crippen LogP contribution in [0.4, 0.5) is 0 Å². The number of rotatable bonds is 5. The van der Waals surface area contributed by atoms with Crippen LogP contribution in [-0.4, -0.2) is 17.1 Å². The molecule has 18 heavy (non-hydrogen) atoms. The molecule has 0 saturated heterocycles. The lowest BCUT2D eigenvalue weighted by Crippen LogP contribution is -2.48. The van der Waals surface area contributed by atoms with Gasteiger partial charge in [0, 0.05) is 5.02 Å². The Bertz CT molecular complexity index is 397. The number of benzene rings is 1. The van der Waals surface area contributed by atoms with E-state index in [2.05, 4.69) is 5.32 Å². The van der Waals surface area contributed by atoms with E-state index in [0.717, 1.165) is 18.4 Å². The minimum atomic E-state index is -1.00. The van der Waals surface area contributed by atoms with Crippen molar-refractivity contribution < 1.29 is 9.90 Å². The van der Waals surface area contributed by atoms with Crippen molar-refractivity contribution in [2.45, 2.75) is 45.3 Å². The fraction of sp³-hybridized carbons (Fsp3) is 0.500. The van der Waals surface area contributed by atoms with E-state index in [9.17, 15) is 9.90 Å². The van der Waals surface area contributed by atoms with Gasteiger partial charge in [-0.25, -0.2) is 0 Å². The molecule has 1 atom stereocenters. The highest BCUT2D eigenvalue weighted by molar-refractivity contribution is 6.30. The van der Waals surface area contributed by atoms with Crippen LogP contribution in [-0.2, 0) is 10.3 Å². The fourth-order valence-electron chi connectivity index (χ4n) is 2.02. The van der Waals surface area contributed by atoms with Gasteiger partial charge in [0.05, 0.1) is 5.54 Å². The van der Waals surface area contributed by atoms with Crippen LogP contribution in [0.15, 0.2) is 24.3 Å². The standard InChI is InChI=1S/C14H20ClNO2/c1-4-14(5-2,16-13(18)10(3)17)11-6-8-12(15)9-7-11/h6-10,17H,4-5H2,1-3H3,(H,16,18). The molecule has 2 N–H and O–H groups in total. The molecule has 0 radical (unpaired) electrons. The summed E-state index contributed by atoms with van der Waals surface area (Å²) in [6.07, 6.45) is 0.502. The number of hydrogen-bond donors (Lipinski definition) is 2. The van der Waals surface area contributed by atoms with Crippen molar-refractivity contribution in [3.8, 4) is 0 Å². The van der Waals surface area contributed by atoms with Crippen molar-refractivity contribution in [1.29, 1.82) is 0 Å². The molecule has 0 heterocycles. The molecule has 0 fully saturated rings. The van der Waals surface area contributed by atoms with Crippen LogP contribution in [0.2, 0.25) is 5.02 Å². The molecule has 1 amide bonds. The van der Waals surface area contributed by atoms with Gasteiger partial charge in [-0.15, -0.1) is 0 Å². The summed E-state index contributed by atoms with van der Waals surface area (Å²) >= 11 is 5.88. The van der Waals surface area contributed by atoms with Gasteiger partial charge in [0.2, 0.25) is 5.91 Å². The fourth-order valence-corrected chi connectivity index (χ4v) is 2.14. The molecule has 100 valence electrons. The van der Waals surface area contributed by atoms with Crippen molar-refractivity contribution in [1.82, 2.24) is 5.32 Å². The number of carbonyl (C=O) groups is 1. The van der Waals surface area contributed by atoms with Gasteiger partial charge in [0.25, 0.3) is 0 Å². The molecule has 1 unspecified atom stereocenters. The first-order valence-corrected chi connectivity index (χ1v) is 6.59. The highest BCUT2D eigenvalue weighted by atomic mass is 35.5. The smallest absolute Gasteiger partial charge is 0.249 e. The second kappa shape index (κ2) is 6.21. The lowest BCUT2D eigenvalue weighted by Gasteiger charge is -2.34. The zero-order valence-electron chi connectivity index (χ0n) is 11.0. The molecule has 0 aliphatic heterocycles. The van der Waals surface area contributed by atoms with Crippen molar-refractivity contribution >= 4 is 17.5 Å². The van der Waals surface area contributed by atoms with Crippen LogP contribution in [0.1, 0.15) is 39.2 Å². The first-order chi connectivity index (χ1) is 8.45. The molecule has 1 rings (SSSR count). The normalized spacial score (nSPS) is 13.2. The number of amides is 1. The molecular weight excluding hydrogens is 250 g/mol. The Balaban J connectivity index is 3.06. The summed E-state index contributed by atoms with van der Waals surface area (Å²) in [5.41, 5.74) is 0.560. The first kappa shape index (κ1) is 15.0. The van der Waals surface area contributed by atoms with Crippen LogP contribution >= 0.6 is 11.6 Å². The van der Waals surface area contributed by atoms with E-state index in [1.165, 1.54) is 6.92 Å². The Morgan fingerprint density at radius 2 is 1.83 bits per heavy atom. The Hall–Kier alpha value is -1.06. The minimum absolute atomic E-state index is 0.353. The molecule has 0 spiro atoms. The van der Waals surface area contributed by atoms with Crippen LogP contribution in [0.25, 0.3) is 0 Å². The number of aliphatic hydroxyl groups is 1. The molecule has 4 heteroatoms. The highest BCUT2D eigenvalue weighted by Crippen LogP contribution is 2.29. The maximum atomic E-state index is 11.7. The van der Waals surface area contributed by atoms with Gasteiger partial charge in [0.15, 0.2) is 0 Å². The quantitative estimate of drug-likeness (QED) is 0.864. The summed E-state index contributed by atoms with van der Waals surface area (Å²) in [4.78, 5) is 11.7. The predicted octanol–water partition coefficient (Wildman–Crippen LogP) is 2.85. The van der Waals surface area contributed by atoms with Crippen LogP contribution in [0.5, 0.6) is 0 Å². The number of hydrogen-bond acceptors (Lipinski definition) is 2. The predicted molar refractivity (Wildman–Crippen MR) is 73.5 cm³/mol. The summed E-state index contributed by atoms with van der Waals surface area (Å²) in [5.74, 6) is -0.353. The summed E-state index contributed by atoms with van der Waals surface area (Å²) in [6.45, 7) is 5.49. The Kier molecular flexibility index (Phi) is 5.17. The molecule has 0 saturated carbocycles.